The lowest BCUT2D eigenvalue weighted by molar-refractivity contribution is 0.0988. The second kappa shape index (κ2) is 10.2. The molecule has 0 unspecified atom stereocenters. The van der Waals surface area contributed by atoms with Crippen molar-refractivity contribution in [1.82, 2.24) is 20.4 Å². The first-order valence-electron chi connectivity index (χ1n) is 9.68. The molecule has 3 rings (SSSR count). The van der Waals surface area contributed by atoms with Crippen LogP contribution in [0.5, 0.6) is 0 Å². The summed E-state index contributed by atoms with van der Waals surface area (Å²) in [7, 11) is 2.20. The number of nitrogens with one attached hydrogen (secondary N) is 2. The third kappa shape index (κ3) is 6.01. The lowest BCUT2D eigenvalue weighted by atomic mass is 10.1. The minimum atomic E-state index is 0.254. The molecule has 4 nitrogen and oxygen atoms in total. The Hall–Kier alpha value is -1.47. The summed E-state index contributed by atoms with van der Waals surface area (Å²) < 4.78 is 0. The number of piperazine rings is 1. The van der Waals surface area contributed by atoms with E-state index in [9.17, 15) is 0 Å². The van der Waals surface area contributed by atoms with E-state index in [1.807, 2.05) is 17.4 Å². The van der Waals surface area contributed by atoms with E-state index in [0.717, 1.165) is 44.3 Å². The summed E-state index contributed by atoms with van der Waals surface area (Å²) in [6.45, 7) is 7.52. The smallest absolute Gasteiger partial charge is 0.166 e. The molecular weight excluding hydrogens is 372 g/mol. The van der Waals surface area contributed by atoms with E-state index < -0.39 is 0 Å². The van der Waals surface area contributed by atoms with Crippen molar-refractivity contribution in [2.75, 3.05) is 39.8 Å². The summed E-state index contributed by atoms with van der Waals surface area (Å²) in [5, 5.41) is 9.82. The topological polar surface area (TPSA) is 30.5 Å². The number of nitrogens with zero attached hydrogens (tertiary/aromatic N) is 2. The molecule has 1 aliphatic heterocycles. The number of benzene rings is 1. The Morgan fingerprint density at radius 1 is 1.11 bits per heavy atom. The van der Waals surface area contributed by atoms with Gasteiger partial charge >= 0.3 is 0 Å². The Balaban J connectivity index is 1.54. The predicted octanol–water partition coefficient (Wildman–Crippen LogP) is 3.13. The van der Waals surface area contributed by atoms with Gasteiger partial charge in [0.2, 0.25) is 0 Å². The Morgan fingerprint density at radius 3 is 2.52 bits per heavy atom. The zero-order valence-corrected chi connectivity index (χ0v) is 17.9. The van der Waals surface area contributed by atoms with Gasteiger partial charge in [-0.2, -0.15) is 0 Å². The molecule has 2 atom stereocenters. The molecule has 1 saturated heterocycles. The number of hydrogen-bond donors (Lipinski definition) is 2. The highest BCUT2D eigenvalue weighted by molar-refractivity contribution is 7.80. The average molecular weight is 403 g/mol. The molecule has 1 aromatic carbocycles. The largest absolute Gasteiger partial charge is 0.362 e. The van der Waals surface area contributed by atoms with Gasteiger partial charge in [-0.1, -0.05) is 36.4 Å². The highest BCUT2D eigenvalue weighted by atomic mass is 32.1. The predicted molar refractivity (Wildman–Crippen MR) is 119 cm³/mol. The Bertz CT molecular complexity index is 681. The van der Waals surface area contributed by atoms with Gasteiger partial charge in [0.25, 0.3) is 0 Å². The highest BCUT2D eigenvalue weighted by Crippen LogP contribution is 2.29. The van der Waals surface area contributed by atoms with Crippen molar-refractivity contribution in [3.8, 4) is 0 Å². The first kappa shape index (κ1) is 20.3. The third-order valence-electron chi connectivity index (χ3n) is 5.14. The van der Waals surface area contributed by atoms with Gasteiger partial charge in [-0.3, -0.25) is 4.90 Å². The second-order valence-electron chi connectivity index (χ2n) is 7.22. The Morgan fingerprint density at radius 2 is 1.85 bits per heavy atom. The van der Waals surface area contributed by atoms with Crippen LogP contribution in [-0.4, -0.2) is 60.7 Å². The first-order chi connectivity index (χ1) is 13.1. The van der Waals surface area contributed by atoms with Gasteiger partial charge in [0.15, 0.2) is 5.11 Å². The van der Waals surface area contributed by atoms with Gasteiger partial charge in [0, 0.05) is 43.6 Å². The molecule has 0 aliphatic carbocycles. The molecule has 27 heavy (non-hydrogen) atoms. The van der Waals surface area contributed by atoms with Gasteiger partial charge in [-0.15, -0.1) is 11.3 Å². The van der Waals surface area contributed by atoms with Crippen molar-refractivity contribution in [1.29, 1.82) is 0 Å². The van der Waals surface area contributed by atoms with Crippen molar-refractivity contribution in [3.63, 3.8) is 0 Å². The SMILES string of the molecule is C[C@H](NC(=S)NCCc1ccccc1)[C@@H](c1cccs1)N1CCN(C)CC1. The highest BCUT2D eigenvalue weighted by Gasteiger charge is 2.29. The van der Waals surface area contributed by atoms with Gasteiger partial charge in [0.05, 0.1) is 6.04 Å². The van der Waals surface area contributed by atoms with Gasteiger partial charge in [-0.05, 0) is 49.6 Å². The van der Waals surface area contributed by atoms with Crippen LogP contribution >= 0.6 is 23.6 Å². The maximum Gasteiger partial charge on any atom is 0.166 e. The van der Waals surface area contributed by atoms with Crippen LogP contribution in [0, 0.1) is 0 Å². The molecule has 0 spiro atoms. The number of likely N-dealkylation sites (N-methyl/N-ethyl adjacent to an activating group) is 1. The monoisotopic (exact) mass is 402 g/mol. The molecule has 1 fully saturated rings. The van der Waals surface area contributed by atoms with Crippen LogP contribution in [-0.2, 0) is 6.42 Å². The van der Waals surface area contributed by atoms with E-state index in [1.165, 1.54) is 10.4 Å². The van der Waals surface area contributed by atoms with E-state index in [-0.39, 0.29) is 6.04 Å². The summed E-state index contributed by atoms with van der Waals surface area (Å²) in [5.41, 5.74) is 1.33. The maximum atomic E-state index is 5.57. The molecule has 6 heteroatoms. The van der Waals surface area contributed by atoms with Crippen LogP contribution < -0.4 is 10.6 Å². The second-order valence-corrected chi connectivity index (χ2v) is 8.61. The fourth-order valence-corrected chi connectivity index (χ4v) is 4.86. The normalized spacial score (nSPS) is 18.0. The van der Waals surface area contributed by atoms with E-state index in [4.69, 9.17) is 12.2 Å². The van der Waals surface area contributed by atoms with E-state index >= 15 is 0 Å². The number of rotatable bonds is 7. The van der Waals surface area contributed by atoms with Crippen LogP contribution in [0.25, 0.3) is 0 Å². The van der Waals surface area contributed by atoms with Crippen molar-refractivity contribution >= 4 is 28.7 Å². The molecule has 2 heterocycles. The van der Waals surface area contributed by atoms with E-state index in [1.54, 1.807) is 0 Å². The Kier molecular flexibility index (Phi) is 7.64. The molecule has 0 radical (unpaired) electrons. The minimum absolute atomic E-state index is 0.254. The first-order valence-corrected chi connectivity index (χ1v) is 11.0. The molecule has 0 amide bonds. The summed E-state index contributed by atoms with van der Waals surface area (Å²) in [6.07, 6.45) is 0.976. The molecule has 146 valence electrons. The van der Waals surface area contributed by atoms with Crippen molar-refractivity contribution in [2.45, 2.75) is 25.4 Å². The maximum absolute atomic E-state index is 5.57. The zero-order valence-electron chi connectivity index (χ0n) is 16.2. The molecular formula is C21H30N4S2. The quantitative estimate of drug-likeness (QED) is 0.695. The van der Waals surface area contributed by atoms with Crippen molar-refractivity contribution in [2.24, 2.45) is 0 Å². The van der Waals surface area contributed by atoms with Gasteiger partial charge in [0.1, 0.15) is 0 Å². The van der Waals surface area contributed by atoms with Crippen molar-refractivity contribution < 1.29 is 0 Å². The lowest BCUT2D eigenvalue weighted by Crippen LogP contribution is -2.52. The van der Waals surface area contributed by atoms with Gasteiger partial charge in [-0.25, -0.2) is 0 Å². The molecule has 1 aromatic heterocycles. The van der Waals surface area contributed by atoms with E-state index in [0.29, 0.717) is 6.04 Å². The number of thiocarbonyl (C=S) groups is 1. The fourth-order valence-electron chi connectivity index (χ4n) is 3.60. The lowest BCUT2D eigenvalue weighted by Gasteiger charge is -2.40. The average Bonchev–Trinajstić information content (AvgIpc) is 3.18. The summed E-state index contributed by atoms with van der Waals surface area (Å²) in [4.78, 5) is 6.40. The minimum Gasteiger partial charge on any atom is -0.362 e. The molecule has 2 aromatic rings. The standard InChI is InChI=1S/C21H30N4S2/c1-17(23-21(26)22-11-10-18-7-4-3-5-8-18)20(19-9-6-16-27-19)25-14-12-24(2)13-15-25/h3-9,16-17,20H,10-15H2,1-2H3,(H2,22,23,26)/t17-,20-/m0/s1. The molecule has 1 aliphatic rings. The third-order valence-corrected chi connectivity index (χ3v) is 6.35. The fraction of sp³-hybridized carbons (Fsp3) is 0.476. The van der Waals surface area contributed by atoms with Crippen LogP contribution in [0.3, 0.4) is 0 Å². The van der Waals surface area contributed by atoms with Crippen LogP contribution in [0.2, 0.25) is 0 Å². The Labute approximate surface area is 172 Å². The van der Waals surface area contributed by atoms with Gasteiger partial charge < -0.3 is 15.5 Å². The molecule has 2 N–H and O–H groups in total. The van der Waals surface area contributed by atoms with Crippen LogP contribution in [0.1, 0.15) is 23.4 Å². The van der Waals surface area contributed by atoms with Crippen LogP contribution in [0.4, 0.5) is 0 Å². The number of hydrogen-bond acceptors (Lipinski definition) is 4. The van der Waals surface area contributed by atoms with Crippen LogP contribution in [0.15, 0.2) is 47.8 Å². The summed E-state index contributed by atoms with van der Waals surface area (Å²) >= 11 is 7.41. The molecule has 0 saturated carbocycles. The zero-order chi connectivity index (χ0) is 19.1. The summed E-state index contributed by atoms with van der Waals surface area (Å²) in [5.74, 6) is 0. The summed E-state index contributed by atoms with van der Waals surface area (Å²) in [6, 6.07) is 15.5. The van der Waals surface area contributed by atoms with E-state index in [2.05, 4.69) is 76.2 Å². The van der Waals surface area contributed by atoms with Crippen molar-refractivity contribution in [3.05, 3.63) is 58.3 Å². The molecule has 0 bridgehead atoms. The number of thiophene rings is 1.